The van der Waals surface area contributed by atoms with Crippen molar-refractivity contribution >= 4 is 39.1 Å². The number of carbonyl (C=O) groups excluding carboxylic acids is 2. The highest BCUT2D eigenvalue weighted by atomic mass is 35.5. The van der Waals surface area contributed by atoms with Gasteiger partial charge >= 0.3 is 0 Å². The molecule has 0 saturated carbocycles. The van der Waals surface area contributed by atoms with Crippen molar-refractivity contribution < 1.29 is 22.7 Å². The zero-order valence-electron chi connectivity index (χ0n) is 19.2. The van der Waals surface area contributed by atoms with Gasteiger partial charge in [-0.15, -0.1) is 0 Å². The van der Waals surface area contributed by atoms with Crippen LogP contribution in [0.25, 0.3) is 0 Å². The summed E-state index contributed by atoms with van der Waals surface area (Å²) in [5.74, 6) is -0.288. The maximum absolute atomic E-state index is 13.4. The summed E-state index contributed by atoms with van der Waals surface area (Å²) in [7, 11) is -3.79. The van der Waals surface area contributed by atoms with Crippen LogP contribution >= 0.6 is 11.6 Å². The SMILES string of the molecule is CCNC(=O)[C@@H](C)N(Cc1ccccc1Cl)C(=O)CN(c1ccc(OCC)cc1)S(C)(=O)=O. The van der Waals surface area contributed by atoms with Crippen LogP contribution in [0.4, 0.5) is 5.69 Å². The molecule has 2 amide bonds. The van der Waals surface area contributed by atoms with E-state index in [2.05, 4.69) is 5.32 Å². The standard InChI is InChI=1S/C23H30ClN3O5S/c1-5-25-23(29)17(3)26(15-18-9-7-8-10-21(18)24)22(28)16-27(33(4,30)31)19-11-13-20(14-12-19)32-6-2/h7-14,17H,5-6,15-16H2,1-4H3,(H,25,29)/t17-/m1/s1. The molecule has 0 saturated heterocycles. The molecule has 0 aliphatic carbocycles. The fourth-order valence-corrected chi connectivity index (χ4v) is 4.25. The number of carbonyl (C=O) groups is 2. The zero-order valence-corrected chi connectivity index (χ0v) is 20.8. The second-order valence-corrected chi connectivity index (χ2v) is 9.69. The molecular formula is C23H30ClN3O5S. The van der Waals surface area contributed by atoms with E-state index in [1.165, 1.54) is 4.90 Å². The first-order valence-electron chi connectivity index (χ1n) is 10.6. The molecule has 2 aromatic rings. The molecule has 8 nitrogen and oxygen atoms in total. The lowest BCUT2D eigenvalue weighted by molar-refractivity contribution is -0.139. The Kier molecular flexibility index (Phi) is 9.55. The van der Waals surface area contributed by atoms with Crippen LogP contribution in [0.5, 0.6) is 5.75 Å². The van der Waals surface area contributed by atoms with Crippen molar-refractivity contribution in [3.05, 3.63) is 59.1 Å². The minimum atomic E-state index is -3.79. The summed E-state index contributed by atoms with van der Waals surface area (Å²) in [6, 6.07) is 12.6. The van der Waals surface area contributed by atoms with Gasteiger partial charge in [-0.1, -0.05) is 29.8 Å². The quantitative estimate of drug-likeness (QED) is 0.517. The topological polar surface area (TPSA) is 96.0 Å². The number of hydrogen-bond acceptors (Lipinski definition) is 5. The summed E-state index contributed by atoms with van der Waals surface area (Å²) >= 11 is 6.28. The van der Waals surface area contributed by atoms with Crippen LogP contribution in [-0.4, -0.2) is 57.1 Å². The first-order valence-corrected chi connectivity index (χ1v) is 12.8. The summed E-state index contributed by atoms with van der Waals surface area (Å²) < 4.78 is 31.5. The fourth-order valence-electron chi connectivity index (χ4n) is 3.20. The Morgan fingerprint density at radius 2 is 1.73 bits per heavy atom. The molecule has 0 aliphatic rings. The lowest BCUT2D eigenvalue weighted by Crippen LogP contribution is -2.51. The molecule has 0 unspecified atom stereocenters. The van der Waals surface area contributed by atoms with Gasteiger partial charge in [0.15, 0.2) is 0 Å². The molecule has 0 radical (unpaired) electrons. The first kappa shape index (κ1) is 26.5. The number of ether oxygens (including phenoxy) is 1. The van der Waals surface area contributed by atoms with Gasteiger partial charge in [0.25, 0.3) is 0 Å². The largest absolute Gasteiger partial charge is 0.494 e. The summed E-state index contributed by atoms with van der Waals surface area (Å²) in [6.45, 7) is 5.68. The third-order valence-corrected chi connectivity index (χ3v) is 6.44. The number of hydrogen-bond donors (Lipinski definition) is 1. The van der Waals surface area contributed by atoms with Crippen molar-refractivity contribution in [1.82, 2.24) is 10.2 Å². The molecular weight excluding hydrogens is 466 g/mol. The summed E-state index contributed by atoms with van der Waals surface area (Å²) in [4.78, 5) is 27.2. The number of nitrogens with zero attached hydrogens (tertiary/aromatic N) is 2. The predicted octanol–water partition coefficient (Wildman–Crippen LogP) is 3.06. The molecule has 0 heterocycles. The molecule has 0 bridgehead atoms. The van der Waals surface area contributed by atoms with Gasteiger partial charge in [-0.3, -0.25) is 13.9 Å². The van der Waals surface area contributed by atoms with Gasteiger partial charge in [0.05, 0.1) is 18.6 Å². The summed E-state index contributed by atoms with van der Waals surface area (Å²) in [6.07, 6.45) is 1.03. The highest BCUT2D eigenvalue weighted by molar-refractivity contribution is 7.92. The minimum Gasteiger partial charge on any atom is -0.494 e. The Balaban J connectivity index is 2.37. The molecule has 1 N–H and O–H groups in total. The number of amides is 2. The molecule has 0 aliphatic heterocycles. The van der Waals surface area contributed by atoms with E-state index in [-0.39, 0.29) is 12.5 Å². The molecule has 33 heavy (non-hydrogen) atoms. The second kappa shape index (κ2) is 11.9. The van der Waals surface area contributed by atoms with E-state index >= 15 is 0 Å². The number of likely N-dealkylation sites (N-methyl/N-ethyl adjacent to an activating group) is 1. The lowest BCUT2D eigenvalue weighted by Gasteiger charge is -2.31. The predicted molar refractivity (Wildman–Crippen MR) is 130 cm³/mol. The molecule has 10 heteroatoms. The first-order chi connectivity index (χ1) is 15.6. The van der Waals surface area contributed by atoms with Crippen LogP contribution in [0.15, 0.2) is 48.5 Å². The van der Waals surface area contributed by atoms with E-state index in [1.807, 2.05) is 6.92 Å². The van der Waals surface area contributed by atoms with Crippen molar-refractivity contribution in [2.24, 2.45) is 0 Å². The van der Waals surface area contributed by atoms with Crippen molar-refractivity contribution in [2.45, 2.75) is 33.4 Å². The Morgan fingerprint density at radius 3 is 2.27 bits per heavy atom. The van der Waals surface area contributed by atoms with E-state index in [0.717, 1.165) is 10.6 Å². The minimum absolute atomic E-state index is 0.0533. The highest BCUT2D eigenvalue weighted by Crippen LogP contribution is 2.23. The van der Waals surface area contributed by atoms with Gasteiger partial charge in [0.2, 0.25) is 21.8 Å². The number of sulfonamides is 1. The van der Waals surface area contributed by atoms with Crippen LogP contribution in [-0.2, 0) is 26.2 Å². The van der Waals surface area contributed by atoms with E-state index in [4.69, 9.17) is 16.3 Å². The van der Waals surface area contributed by atoms with Gasteiger partial charge in [0, 0.05) is 18.1 Å². The van der Waals surface area contributed by atoms with E-state index < -0.39 is 28.5 Å². The van der Waals surface area contributed by atoms with Gasteiger partial charge in [-0.05, 0) is 56.7 Å². The lowest BCUT2D eigenvalue weighted by atomic mass is 10.1. The maximum atomic E-state index is 13.4. The summed E-state index contributed by atoms with van der Waals surface area (Å²) in [5.41, 5.74) is 0.966. The van der Waals surface area contributed by atoms with Crippen LogP contribution in [0.3, 0.4) is 0 Å². The normalized spacial score (nSPS) is 12.0. The third-order valence-electron chi connectivity index (χ3n) is 4.93. The Hall–Kier alpha value is -2.78. The van der Waals surface area contributed by atoms with Crippen LogP contribution in [0.2, 0.25) is 5.02 Å². The molecule has 180 valence electrons. The monoisotopic (exact) mass is 495 g/mol. The summed E-state index contributed by atoms with van der Waals surface area (Å²) in [5, 5.41) is 3.15. The zero-order chi connectivity index (χ0) is 24.6. The van der Waals surface area contributed by atoms with Gasteiger partial charge < -0.3 is 15.0 Å². The molecule has 1 atom stereocenters. The Morgan fingerprint density at radius 1 is 1.09 bits per heavy atom. The molecule has 2 rings (SSSR count). The number of rotatable bonds is 11. The third kappa shape index (κ3) is 7.36. The molecule has 2 aromatic carbocycles. The Bertz CT molecular complexity index is 1060. The smallest absolute Gasteiger partial charge is 0.244 e. The van der Waals surface area contributed by atoms with Gasteiger partial charge in [-0.2, -0.15) is 0 Å². The van der Waals surface area contributed by atoms with Crippen molar-refractivity contribution in [3.8, 4) is 5.75 Å². The average Bonchev–Trinajstić information content (AvgIpc) is 2.76. The number of anilines is 1. The second-order valence-electron chi connectivity index (χ2n) is 7.38. The average molecular weight is 496 g/mol. The molecule has 0 aromatic heterocycles. The van der Waals surface area contributed by atoms with E-state index in [1.54, 1.807) is 62.4 Å². The van der Waals surface area contributed by atoms with Crippen LogP contribution in [0, 0.1) is 0 Å². The highest BCUT2D eigenvalue weighted by Gasteiger charge is 2.30. The van der Waals surface area contributed by atoms with E-state index in [0.29, 0.717) is 35.2 Å². The molecule has 0 fully saturated rings. The van der Waals surface area contributed by atoms with Crippen molar-refractivity contribution in [2.75, 3.05) is 30.3 Å². The maximum Gasteiger partial charge on any atom is 0.244 e. The molecule has 0 spiro atoms. The van der Waals surface area contributed by atoms with Gasteiger partial charge in [0.1, 0.15) is 18.3 Å². The van der Waals surface area contributed by atoms with Crippen molar-refractivity contribution in [1.29, 1.82) is 0 Å². The van der Waals surface area contributed by atoms with Crippen molar-refractivity contribution in [3.63, 3.8) is 0 Å². The number of benzene rings is 2. The number of halogens is 1. The van der Waals surface area contributed by atoms with Crippen LogP contribution < -0.4 is 14.4 Å². The number of nitrogens with one attached hydrogen (secondary N) is 1. The Labute approximate surface area is 200 Å². The van der Waals surface area contributed by atoms with Crippen LogP contribution in [0.1, 0.15) is 26.3 Å². The van der Waals surface area contributed by atoms with E-state index in [9.17, 15) is 18.0 Å². The fraction of sp³-hybridized carbons (Fsp3) is 0.391. The van der Waals surface area contributed by atoms with Gasteiger partial charge in [-0.25, -0.2) is 8.42 Å².